The summed E-state index contributed by atoms with van der Waals surface area (Å²) in [4.78, 5) is 12.9. The topological polar surface area (TPSA) is 84.5 Å². The van der Waals surface area contributed by atoms with E-state index < -0.39 is 10.0 Å². The second kappa shape index (κ2) is 9.44. The van der Waals surface area contributed by atoms with Crippen LogP contribution in [-0.4, -0.2) is 21.4 Å². The SMILES string of the molecule is COc1ccc(CNC(=O)c2ccc(C)c(NS(=O)(=O)c3c(C)cc(C)cc3C)c2)cc1. The molecule has 0 aliphatic heterocycles. The van der Waals surface area contributed by atoms with Gasteiger partial charge in [-0.05, 0) is 74.2 Å². The second-order valence-corrected chi connectivity index (χ2v) is 9.51. The Hall–Kier alpha value is -3.32. The van der Waals surface area contributed by atoms with E-state index in [-0.39, 0.29) is 10.8 Å². The summed E-state index contributed by atoms with van der Waals surface area (Å²) < 4.78 is 34.1. The first-order valence-corrected chi connectivity index (χ1v) is 11.7. The van der Waals surface area contributed by atoms with E-state index in [2.05, 4.69) is 10.0 Å². The normalized spacial score (nSPS) is 11.2. The molecule has 168 valence electrons. The number of sulfonamides is 1. The van der Waals surface area contributed by atoms with Crippen molar-refractivity contribution in [3.05, 3.63) is 88.0 Å². The van der Waals surface area contributed by atoms with Gasteiger partial charge in [0, 0.05) is 12.1 Å². The van der Waals surface area contributed by atoms with Crippen molar-refractivity contribution < 1.29 is 17.9 Å². The standard InChI is InChI=1S/C25H28N2O4S/c1-16-12-18(3)24(19(4)13-16)32(29,30)27-23-14-21(9-6-17(23)2)25(28)26-15-20-7-10-22(31-5)11-8-20/h6-14,27H,15H2,1-5H3,(H,26,28). The second-order valence-electron chi connectivity index (χ2n) is 7.89. The largest absolute Gasteiger partial charge is 0.497 e. The number of methoxy groups -OCH3 is 1. The summed E-state index contributed by atoms with van der Waals surface area (Å²) >= 11 is 0. The maximum atomic E-state index is 13.1. The molecule has 32 heavy (non-hydrogen) atoms. The van der Waals surface area contributed by atoms with E-state index in [1.54, 1.807) is 46.1 Å². The summed E-state index contributed by atoms with van der Waals surface area (Å²) in [5.74, 6) is 0.457. The van der Waals surface area contributed by atoms with E-state index in [0.717, 1.165) is 22.4 Å². The van der Waals surface area contributed by atoms with Gasteiger partial charge < -0.3 is 10.1 Å². The molecule has 3 aromatic rings. The minimum absolute atomic E-state index is 0.261. The molecule has 6 nitrogen and oxygen atoms in total. The fourth-order valence-electron chi connectivity index (χ4n) is 3.69. The number of carbonyl (C=O) groups is 1. The number of hydrogen-bond acceptors (Lipinski definition) is 4. The number of hydrogen-bond donors (Lipinski definition) is 2. The van der Waals surface area contributed by atoms with Crippen molar-refractivity contribution in [2.24, 2.45) is 0 Å². The van der Waals surface area contributed by atoms with Crippen molar-refractivity contribution in [1.29, 1.82) is 0 Å². The fourth-order valence-corrected chi connectivity index (χ4v) is 5.26. The summed E-state index contributed by atoms with van der Waals surface area (Å²) in [6.07, 6.45) is 0. The molecule has 0 fully saturated rings. The Labute approximate surface area is 189 Å². The lowest BCUT2D eigenvalue weighted by Crippen LogP contribution is -2.23. The van der Waals surface area contributed by atoms with Crippen LogP contribution in [0.2, 0.25) is 0 Å². The minimum atomic E-state index is -3.81. The van der Waals surface area contributed by atoms with Gasteiger partial charge >= 0.3 is 0 Å². The predicted octanol–water partition coefficient (Wildman–Crippen LogP) is 4.66. The summed E-state index contributed by atoms with van der Waals surface area (Å²) in [5, 5.41) is 2.86. The first-order valence-electron chi connectivity index (χ1n) is 10.2. The molecular weight excluding hydrogens is 424 g/mol. The lowest BCUT2D eigenvalue weighted by atomic mass is 10.1. The van der Waals surface area contributed by atoms with Gasteiger partial charge in [-0.1, -0.05) is 35.9 Å². The smallest absolute Gasteiger partial charge is 0.262 e. The molecule has 0 saturated heterocycles. The summed E-state index contributed by atoms with van der Waals surface area (Å²) in [5.41, 5.74) is 4.77. The molecule has 0 atom stereocenters. The zero-order valence-corrected chi connectivity index (χ0v) is 19.8. The van der Waals surface area contributed by atoms with Crippen LogP contribution in [0.25, 0.3) is 0 Å². The fraction of sp³-hybridized carbons (Fsp3) is 0.240. The van der Waals surface area contributed by atoms with Gasteiger partial charge in [-0.15, -0.1) is 0 Å². The van der Waals surface area contributed by atoms with Crippen LogP contribution in [0.3, 0.4) is 0 Å². The van der Waals surface area contributed by atoms with E-state index >= 15 is 0 Å². The molecule has 7 heteroatoms. The molecule has 0 bridgehead atoms. The van der Waals surface area contributed by atoms with Crippen LogP contribution in [0, 0.1) is 27.7 Å². The highest BCUT2D eigenvalue weighted by molar-refractivity contribution is 7.92. The molecular formula is C25H28N2O4S. The summed E-state index contributed by atoms with van der Waals surface area (Å²) in [6, 6.07) is 16.1. The van der Waals surface area contributed by atoms with Gasteiger partial charge in [0.1, 0.15) is 5.75 Å². The predicted molar refractivity (Wildman–Crippen MR) is 127 cm³/mol. The molecule has 0 spiro atoms. The number of benzene rings is 3. The zero-order valence-electron chi connectivity index (χ0n) is 18.9. The number of aryl methyl sites for hydroxylation is 4. The first kappa shape index (κ1) is 23.3. The molecule has 3 aromatic carbocycles. The van der Waals surface area contributed by atoms with Crippen LogP contribution < -0.4 is 14.8 Å². The molecule has 1 amide bonds. The molecule has 0 aromatic heterocycles. The Balaban J connectivity index is 1.80. The van der Waals surface area contributed by atoms with Crippen molar-refractivity contribution in [2.75, 3.05) is 11.8 Å². The Morgan fingerprint density at radius 3 is 2.09 bits per heavy atom. The third-order valence-corrected chi connectivity index (χ3v) is 6.90. The highest BCUT2D eigenvalue weighted by atomic mass is 32.2. The number of nitrogens with one attached hydrogen (secondary N) is 2. The average Bonchev–Trinajstić information content (AvgIpc) is 2.72. The highest BCUT2D eigenvalue weighted by Crippen LogP contribution is 2.26. The maximum absolute atomic E-state index is 13.1. The van der Waals surface area contributed by atoms with Gasteiger partial charge in [-0.2, -0.15) is 0 Å². The Kier molecular flexibility index (Phi) is 6.89. The van der Waals surface area contributed by atoms with E-state index in [0.29, 0.717) is 28.9 Å². The number of carbonyl (C=O) groups excluding carboxylic acids is 1. The van der Waals surface area contributed by atoms with Gasteiger partial charge in [0.05, 0.1) is 17.7 Å². The number of amides is 1. The molecule has 0 heterocycles. The first-order chi connectivity index (χ1) is 15.1. The maximum Gasteiger partial charge on any atom is 0.262 e. The van der Waals surface area contributed by atoms with Crippen molar-refractivity contribution in [2.45, 2.75) is 39.1 Å². The Morgan fingerprint density at radius 2 is 1.50 bits per heavy atom. The number of anilines is 1. The Morgan fingerprint density at radius 1 is 0.875 bits per heavy atom. The lowest BCUT2D eigenvalue weighted by molar-refractivity contribution is 0.0951. The summed E-state index contributed by atoms with van der Waals surface area (Å²) in [6.45, 7) is 7.64. The van der Waals surface area contributed by atoms with E-state index in [1.807, 2.05) is 43.3 Å². The van der Waals surface area contributed by atoms with Gasteiger partial charge in [0.25, 0.3) is 15.9 Å². The molecule has 0 aliphatic rings. The number of rotatable bonds is 7. The summed E-state index contributed by atoms with van der Waals surface area (Å²) in [7, 11) is -2.21. The molecule has 3 rings (SSSR count). The van der Waals surface area contributed by atoms with Gasteiger partial charge in [0.15, 0.2) is 0 Å². The van der Waals surface area contributed by atoms with E-state index in [1.165, 1.54) is 0 Å². The minimum Gasteiger partial charge on any atom is -0.497 e. The molecule has 0 saturated carbocycles. The van der Waals surface area contributed by atoms with Crippen LogP contribution in [0.4, 0.5) is 5.69 Å². The van der Waals surface area contributed by atoms with E-state index in [9.17, 15) is 13.2 Å². The average molecular weight is 453 g/mol. The highest BCUT2D eigenvalue weighted by Gasteiger charge is 2.21. The molecule has 0 aliphatic carbocycles. The van der Waals surface area contributed by atoms with Crippen molar-refractivity contribution in [3.8, 4) is 5.75 Å². The van der Waals surface area contributed by atoms with Gasteiger partial charge in [-0.25, -0.2) is 8.42 Å². The van der Waals surface area contributed by atoms with E-state index in [4.69, 9.17) is 4.74 Å². The van der Waals surface area contributed by atoms with Crippen molar-refractivity contribution in [1.82, 2.24) is 5.32 Å². The van der Waals surface area contributed by atoms with Crippen molar-refractivity contribution >= 4 is 21.6 Å². The van der Waals surface area contributed by atoms with Crippen LogP contribution in [-0.2, 0) is 16.6 Å². The quantitative estimate of drug-likeness (QED) is 0.546. The van der Waals surface area contributed by atoms with Crippen LogP contribution >= 0.6 is 0 Å². The monoisotopic (exact) mass is 452 g/mol. The van der Waals surface area contributed by atoms with Gasteiger partial charge in [-0.3, -0.25) is 9.52 Å². The zero-order chi connectivity index (χ0) is 23.5. The Bertz CT molecular complexity index is 1230. The van der Waals surface area contributed by atoms with Crippen LogP contribution in [0.1, 0.15) is 38.2 Å². The third kappa shape index (κ3) is 5.29. The van der Waals surface area contributed by atoms with Gasteiger partial charge in [0.2, 0.25) is 0 Å². The van der Waals surface area contributed by atoms with Crippen molar-refractivity contribution in [3.63, 3.8) is 0 Å². The molecule has 0 radical (unpaired) electrons. The molecule has 2 N–H and O–H groups in total. The van der Waals surface area contributed by atoms with Crippen LogP contribution in [0.5, 0.6) is 5.75 Å². The molecule has 0 unspecified atom stereocenters. The number of ether oxygens (including phenoxy) is 1. The lowest BCUT2D eigenvalue weighted by Gasteiger charge is -2.16. The van der Waals surface area contributed by atoms with Crippen LogP contribution in [0.15, 0.2) is 59.5 Å². The third-order valence-electron chi connectivity index (χ3n) is 5.23.